The minimum atomic E-state index is -0.303. The molecule has 3 aromatic rings. The van der Waals surface area contributed by atoms with Gasteiger partial charge in [-0.1, -0.05) is 30.3 Å². The number of ether oxygens (including phenoxy) is 1. The highest BCUT2D eigenvalue weighted by molar-refractivity contribution is 7.21. The highest BCUT2D eigenvalue weighted by atomic mass is 32.1. The van der Waals surface area contributed by atoms with Gasteiger partial charge in [0.1, 0.15) is 5.01 Å². The highest BCUT2D eigenvalue weighted by Crippen LogP contribution is 2.32. The van der Waals surface area contributed by atoms with Crippen molar-refractivity contribution >= 4 is 27.5 Å². The number of para-hydroxylation sites is 1. The molecule has 0 saturated heterocycles. The Morgan fingerprint density at radius 2 is 1.90 bits per heavy atom. The molecule has 4 heteroatoms. The molecule has 2 aromatic carbocycles. The van der Waals surface area contributed by atoms with E-state index in [1.807, 2.05) is 42.5 Å². The van der Waals surface area contributed by atoms with Gasteiger partial charge in [0.15, 0.2) is 0 Å². The van der Waals surface area contributed by atoms with E-state index >= 15 is 0 Å². The molecule has 0 radical (unpaired) electrons. The molecule has 0 aliphatic heterocycles. The van der Waals surface area contributed by atoms with Crippen LogP contribution in [0.25, 0.3) is 20.8 Å². The number of fused-ring (bicyclic) bond motifs is 1. The molecule has 0 amide bonds. The van der Waals surface area contributed by atoms with Crippen LogP contribution in [0.2, 0.25) is 0 Å². The van der Waals surface area contributed by atoms with Crippen molar-refractivity contribution in [2.24, 2.45) is 0 Å². The fourth-order valence-corrected chi connectivity index (χ4v) is 3.05. The molecule has 0 spiro atoms. The first-order valence-electron chi connectivity index (χ1n) is 6.41. The maximum atomic E-state index is 12.0. The number of nitrogens with zero attached hydrogens (tertiary/aromatic N) is 1. The molecule has 3 rings (SSSR count). The molecule has 20 heavy (non-hydrogen) atoms. The predicted octanol–water partition coefficient (Wildman–Crippen LogP) is 4.14. The summed E-state index contributed by atoms with van der Waals surface area (Å²) in [7, 11) is 0. The van der Waals surface area contributed by atoms with Gasteiger partial charge in [0.05, 0.1) is 22.4 Å². The third kappa shape index (κ3) is 2.30. The van der Waals surface area contributed by atoms with E-state index in [-0.39, 0.29) is 5.97 Å². The van der Waals surface area contributed by atoms with E-state index in [4.69, 9.17) is 4.74 Å². The van der Waals surface area contributed by atoms with E-state index in [2.05, 4.69) is 4.98 Å². The number of carbonyl (C=O) groups is 1. The third-order valence-corrected chi connectivity index (χ3v) is 4.02. The van der Waals surface area contributed by atoms with Gasteiger partial charge in [-0.2, -0.15) is 0 Å². The van der Waals surface area contributed by atoms with Crippen molar-refractivity contribution < 1.29 is 9.53 Å². The molecule has 0 aliphatic rings. The first-order valence-corrected chi connectivity index (χ1v) is 7.23. The Labute approximate surface area is 120 Å². The van der Waals surface area contributed by atoms with E-state index in [1.165, 1.54) is 0 Å². The van der Waals surface area contributed by atoms with Crippen LogP contribution in [0, 0.1) is 0 Å². The summed E-state index contributed by atoms with van der Waals surface area (Å²) in [6.45, 7) is 2.17. The van der Waals surface area contributed by atoms with Crippen LogP contribution in [-0.4, -0.2) is 17.6 Å². The quantitative estimate of drug-likeness (QED) is 0.678. The number of hydrogen-bond acceptors (Lipinski definition) is 4. The average Bonchev–Trinajstić information content (AvgIpc) is 2.91. The molecule has 1 aromatic heterocycles. The number of rotatable bonds is 3. The summed E-state index contributed by atoms with van der Waals surface area (Å²) < 4.78 is 6.21. The molecule has 3 nitrogen and oxygen atoms in total. The molecule has 0 atom stereocenters. The van der Waals surface area contributed by atoms with Gasteiger partial charge in [-0.05, 0) is 25.1 Å². The number of carbonyl (C=O) groups excluding carboxylic acids is 1. The lowest BCUT2D eigenvalue weighted by molar-refractivity contribution is 0.0527. The fraction of sp³-hybridized carbons (Fsp3) is 0.125. The molecule has 0 saturated carbocycles. The fourth-order valence-electron chi connectivity index (χ4n) is 2.04. The summed E-state index contributed by atoms with van der Waals surface area (Å²) in [6.07, 6.45) is 0. The zero-order chi connectivity index (χ0) is 13.9. The average molecular weight is 283 g/mol. The normalized spacial score (nSPS) is 10.7. The smallest absolute Gasteiger partial charge is 0.338 e. The Hall–Kier alpha value is -2.20. The molecule has 0 bridgehead atoms. The number of aromatic nitrogens is 1. The number of benzene rings is 2. The summed E-state index contributed by atoms with van der Waals surface area (Å²) in [5.41, 5.74) is 2.34. The first-order chi connectivity index (χ1) is 9.79. The second kappa shape index (κ2) is 5.43. The van der Waals surface area contributed by atoms with E-state index in [0.29, 0.717) is 12.2 Å². The standard InChI is InChI=1S/C16H13NO2S/c1-2-19-16(18)12-8-4-3-7-11(12)15-17-13-9-5-6-10-14(13)20-15/h3-10H,2H2,1H3. The van der Waals surface area contributed by atoms with Crippen molar-refractivity contribution in [3.05, 3.63) is 54.1 Å². The Morgan fingerprint density at radius 1 is 1.15 bits per heavy atom. The maximum absolute atomic E-state index is 12.0. The van der Waals surface area contributed by atoms with Crippen LogP contribution >= 0.6 is 11.3 Å². The van der Waals surface area contributed by atoms with Crippen molar-refractivity contribution in [1.29, 1.82) is 0 Å². The lowest BCUT2D eigenvalue weighted by Crippen LogP contribution is -2.06. The molecular weight excluding hydrogens is 270 g/mol. The first kappa shape index (κ1) is 12.8. The lowest BCUT2D eigenvalue weighted by Gasteiger charge is -2.05. The molecule has 100 valence electrons. The van der Waals surface area contributed by atoms with Gasteiger partial charge < -0.3 is 4.74 Å². The number of thiazole rings is 1. The van der Waals surface area contributed by atoms with Gasteiger partial charge in [0, 0.05) is 5.56 Å². The van der Waals surface area contributed by atoms with Crippen molar-refractivity contribution in [1.82, 2.24) is 4.98 Å². The van der Waals surface area contributed by atoms with Gasteiger partial charge in [-0.15, -0.1) is 11.3 Å². The molecule has 0 N–H and O–H groups in total. The minimum absolute atomic E-state index is 0.303. The Kier molecular flexibility index (Phi) is 3.48. The maximum Gasteiger partial charge on any atom is 0.338 e. The second-order valence-electron chi connectivity index (χ2n) is 4.25. The second-order valence-corrected chi connectivity index (χ2v) is 5.28. The number of esters is 1. The molecule has 0 aliphatic carbocycles. The summed E-state index contributed by atoms with van der Waals surface area (Å²) in [5.74, 6) is -0.303. The van der Waals surface area contributed by atoms with Crippen LogP contribution in [0.15, 0.2) is 48.5 Å². The van der Waals surface area contributed by atoms with Gasteiger partial charge in [-0.25, -0.2) is 9.78 Å². The highest BCUT2D eigenvalue weighted by Gasteiger charge is 2.16. The zero-order valence-electron chi connectivity index (χ0n) is 11.0. The van der Waals surface area contributed by atoms with Crippen LogP contribution in [0.1, 0.15) is 17.3 Å². The molecule has 1 heterocycles. The van der Waals surface area contributed by atoms with Crippen molar-refractivity contribution in [3.8, 4) is 10.6 Å². The topological polar surface area (TPSA) is 39.2 Å². The van der Waals surface area contributed by atoms with Gasteiger partial charge in [0.2, 0.25) is 0 Å². The molecular formula is C16H13NO2S. The Morgan fingerprint density at radius 3 is 2.70 bits per heavy atom. The van der Waals surface area contributed by atoms with Crippen molar-refractivity contribution in [2.45, 2.75) is 6.92 Å². The van der Waals surface area contributed by atoms with Gasteiger partial charge in [0.25, 0.3) is 0 Å². The summed E-state index contributed by atoms with van der Waals surface area (Å²) in [5, 5.41) is 0.842. The van der Waals surface area contributed by atoms with Crippen LogP contribution in [0.4, 0.5) is 0 Å². The lowest BCUT2D eigenvalue weighted by atomic mass is 10.1. The Balaban J connectivity index is 2.11. The van der Waals surface area contributed by atoms with Gasteiger partial charge >= 0.3 is 5.97 Å². The van der Waals surface area contributed by atoms with E-state index in [9.17, 15) is 4.79 Å². The van der Waals surface area contributed by atoms with Crippen molar-refractivity contribution in [3.63, 3.8) is 0 Å². The zero-order valence-corrected chi connectivity index (χ0v) is 11.8. The van der Waals surface area contributed by atoms with Crippen LogP contribution in [-0.2, 0) is 4.74 Å². The van der Waals surface area contributed by atoms with Crippen LogP contribution < -0.4 is 0 Å². The number of hydrogen-bond donors (Lipinski definition) is 0. The Bertz CT molecular complexity index is 731. The SMILES string of the molecule is CCOC(=O)c1ccccc1-c1nc2ccccc2s1. The van der Waals surface area contributed by atoms with E-state index in [1.54, 1.807) is 24.3 Å². The van der Waals surface area contributed by atoms with Gasteiger partial charge in [-0.3, -0.25) is 0 Å². The largest absolute Gasteiger partial charge is 0.462 e. The molecule has 0 unspecified atom stereocenters. The summed E-state index contributed by atoms with van der Waals surface area (Å²) >= 11 is 1.58. The van der Waals surface area contributed by atoms with E-state index < -0.39 is 0 Å². The van der Waals surface area contributed by atoms with Crippen molar-refractivity contribution in [2.75, 3.05) is 6.61 Å². The molecule has 0 fully saturated rings. The van der Waals surface area contributed by atoms with E-state index in [0.717, 1.165) is 20.8 Å². The monoisotopic (exact) mass is 283 g/mol. The summed E-state index contributed by atoms with van der Waals surface area (Å²) in [6, 6.07) is 15.4. The van der Waals surface area contributed by atoms with Crippen LogP contribution in [0.5, 0.6) is 0 Å². The van der Waals surface area contributed by atoms with Crippen LogP contribution in [0.3, 0.4) is 0 Å². The summed E-state index contributed by atoms with van der Waals surface area (Å²) in [4.78, 5) is 16.6. The third-order valence-electron chi connectivity index (χ3n) is 2.95. The predicted molar refractivity (Wildman–Crippen MR) is 81.0 cm³/mol. The minimum Gasteiger partial charge on any atom is -0.462 e.